The number of nitrogens with one attached hydrogen (secondary N) is 1. The highest BCUT2D eigenvalue weighted by molar-refractivity contribution is 5.97. The van der Waals surface area contributed by atoms with Gasteiger partial charge in [0.25, 0.3) is 0 Å². The molecule has 0 aliphatic heterocycles. The Morgan fingerprint density at radius 3 is 2.32 bits per heavy atom. The molecule has 0 atom stereocenters. The fourth-order valence-electron chi connectivity index (χ4n) is 2.41. The van der Waals surface area contributed by atoms with E-state index in [0.717, 1.165) is 12.2 Å². The van der Waals surface area contributed by atoms with Crippen LogP contribution in [0.1, 0.15) is 5.69 Å². The van der Waals surface area contributed by atoms with Gasteiger partial charge < -0.3 is 5.32 Å². The van der Waals surface area contributed by atoms with Crippen molar-refractivity contribution in [3.8, 4) is 11.1 Å². The van der Waals surface area contributed by atoms with E-state index in [1.807, 2.05) is 19.3 Å². The van der Waals surface area contributed by atoms with Gasteiger partial charge in [-0.15, -0.1) is 0 Å². The van der Waals surface area contributed by atoms with Gasteiger partial charge in [-0.05, 0) is 18.0 Å². The SMILES string of the molecule is CNCc1ncc(-c2ccccc2)c2ccccc12. The Bertz CT molecular complexity index is 690. The summed E-state index contributed by atoms with van der Waals surface area (Å²) >= 11 is 0. The van der Waals surface area contributed by atoms with Crippen molar-refractivity contribution in [1.82, 2.24) is 10.3 Å². The third kappa shape index (κ3) is 2.23. The van der Waals surface area contributed by atoms with E-state index < -0.39 is 0 Å². The molecule has 0 aliphatic carbocycles. The summed E-state index contributed by atoms with van der Waals surface area (Å²) in [6.45, 7) is 0.787. The van der Waals surface area contributed by atoms with Crippen molar-refractivity contribution in [3.05, 3.63) is 66.5 Å². The van der Waals surface area contributed by atoms with E-state index in [1.165, 1.54) is 21.9 Å². The second-order valence-corrected chi connectivity index (χ2v) is 4.56. The molecular formula is C17H16N2. The van der Waals surface area contributed by atoms with Gasteiger partial charge in [0, 0.05) is 23.7 Å². The molecule has 3 aromatic rings. The molecule has 1 heterocycles. The van der Waals surface area contributed by atoms with E-state index >= 15 is 0 Å². The van der Waals surface area contributed by atoms with Crippen molar-refractivity contribution < 1.29 is 0 Å². The lowest BCUT2D eigenvalue weighted by molar-refractivity contribution is 0.799. The predicted octanol–water partition coefficient (Wildman–Crippen LogP) is 3.62. The second-order valence-electron chi connectivity index (χ2n) is 4.56. The molecule has 3 rings (SSSR count). The quantitative estimate of drug-likeness (QED) is 0.765. The number of nitrogens with zero attached hydrogens (tertiary/aromatic N) is 1. The lowest BCUT2D eigenvalue weighted by atomic mass is 9.99. The van der Waals surface area contributed by atoms with Crippen LogP contribution in [0, 0.1) is 0 Å². The van der Waals surface area contributed by atoms with Gasteiger partial charge in [0.1, 0.15) is 0 Å². The van der Waals surface area contributed by atoms with Gasteiger partial charge in [0.05, 0.1) is 5.69 Å². The highest BCUT2D eigenvalue weighted by Crippen LogP contribution is 2.29. The van der Waals surface area contributed by atoms with Crippen LogP contribution in [-0.2, 0) is 6.54 Å². The van der Waals surface area contributed by atoms with Crippen LogP contribution in [0.4, 0.5) is 0 Å². The Hall–Kier alpha value is -2.19. The summed E-state index contributed by atoms with van der Waals surface area (Å²) in [5.74, 6) is 0. The maximum absolute atomic E-state index is 4.61. The second kappa shape index (κ2) is 5.21. The first kappa shape index (κ1) is 11.9. The Labute approximate surface area is 113 Å². The van der Waals surface area contributed by atoms with E-state index in [4.69, 9.17) is 0 Å². The summed E-state index contributed by atoms with van der Waals surface area (Å²) in [7, 11) is 1.95. The summed E-state index contributed by atoms with van der Waals surface area (Å²) < 4.78 is 0. The highest BCUT2D eigenvalue weighted by Gasteiger charge is 2.07. The molecule has 19 heavy (non-hydrogen) atoms. The molecule has 0 amide bonds. The fraction of sp³-hybridized carbons (Fsp3) is 0.118. The Balaban J connectivity index is 2.25. The molecule has 0 spiro atoms. The monoisotopic (exact) mass is 248 g/mol. The van der Waals surface area contributed by atoms with Crippen LogP contribution < -0.4 is 5.32 Å². The first-order valence-corrected chi connectivity index (χ1v) is 6.47. The van der Waals surface area contributed by atoms with Crippen molar-refractivity contribution in [3.63, 3.8) is 0 Å². The minimum Gasteiger partial charge on any atom is -0.314 e. The molecule has 0 fully saturated rings. The summed E-state index contributed by atoms with van der Waals surface area (Å²) in [6.07, 6.45) is 1.98. The minimum absolute atomic E-state index is 0.787. The van der Waals surface area contributed by atoms with Crippen molar-refractivity contribution in [1.29, 1.82) is 0 Å². The van der Waals surface area contributed by atoms with E-state index in [2.05, 4.69) is 58.8 Å². The number of hydrogen-bond donors (Lipinski definition) is 1. The molecular weight excluding hydrogens is 232 g/mol. The molecule has 1 N–H and O–H groups in total. The number of benzene rings is 2. The van der Waals surface area contributed by atoms with Crippen molar-refractivity contribution in [2.75, 3.05) is 7.05 Å². The molecule has 1 aromatic heterocycles. The fourth-order valence-corrected chi connectivity index (χ4v) is 2.41. The third-order valence-electron chi connectivity index (χ3n) is 3.31. The zero-order chi connectivity index (χ0) is 13.1. The molecule has 2 aromatic carbocycles. The number of hydrogen-bond acceptors (Lipinski definition) is 2. The minimum atomic E-state index is 0.787. The maximum atomic E-state index is 4.61. The molecule has 2 heteroatoms. The molecule has 0 aliphatic rings. The van der Waals surface area contributed by atoms with E-state index in [-0.39, 0.29) is 0 Å². The Kier molecular flexibility index (Phi) is 3.25. The summed E-state index contributed by atoms with van der Waals surface area (Å²) in [5, 5.41) is 5.65. The highest BCUT2D eigenvalue weighted by atomic mass is 14.8. The van der Waals surface area contributed by atoms with E-state index in [1.54, 1.807) is 0 Å². The first-order chi connectivity index (χ1) is 9.40. The summed E-state index contributed by atoms with van der Waals surface area (Å²) in [5.41, 5.74) is 3.50. The molecule has 0 radical (unpaired) electrons. The van der Waals surface area contributed by atoms with Crippen molar-refractivity contribution in [2.24, 2.45) is 0 Å². The van der Waals surface area contributed by atoms with Gasteiger partial charge in [-0.25, -0.2) is 0 Å². The topological polar surface area (TPSA) is 24.9 Å². The van der Waals surface area contributed by atoms with Crippen molar-refractivity contribution >= 4 is 10.8 Å². The van der Waals surface area contributed by atoms with E-state index in [9.17, 15) is 0 Å². The van der Waals surface area contributed by atoms with E-state index in [0.29, 0.717) is 0 Å². The number of pyridine rings is 1. The van der Waals surface area contributed by atoms with Crippen molar-refractivity contribution in [2.45, 2.75) is 6.54 Å². The first-order valence-electron chi connectivity index (χ1n) is 6.47. The van der Waals surface area contributed by atoms with Gasteiger partial charge in [0.2, 0.25) is 0 Å². The molecule has 0 unspecified atom stereocenters. The molecule has 0 saturated carbocycles. The van der Waals surface area contributed by atoms with Crippen LogP contribution in [0.15, 0.2) is 60.8 Å². The van der Waals surface area contributed by atoms with Crippen LogP contribution in [0.3, 0.4) is 0 Å². The van der Waals surface area contributed by atoms with Gasteiger partial charge in [0.15, 0.2) is 0 Å². The molecule has 94 valence electrons. The van der Waals surface area contributed by atoms with Crippen LogP contribution in [0.5, 0.6) is 0 Å². The smallest absolute Gasteiger partial charge is 0.0620 e. The van der Waals surface area contributed by atoms with Gasteiger partial charge in [-0.3, -0.25) is 4.98 Å². The van der Waals surface area contributed by atoms with Crippen LogP contribution >= 0.6 is 0 Å². The number of rotatable bonds is 3. The zero-order valence-corrected chi connectivity index (χ0v) is 10.9. The maximum Gasteiger partial charge on any atom is 0.0620 e. The lowest BCUT2D eigenvalue weighted by Gasteiger charge is -2.10. The normalized spacial score (nSPS) is 10.8. The summed E-state index contributed by atoms with van der Waals surface area (Å²) in [6, 6.07) is 18.9. The van der Waals surface area contributed by atoms with Crippen LogP contribution in [0.2, 0.25) is 0 Å². The average molecular weight is 248 g/mol. The predicted molar refractivity (Wildman–Crippen MR) is 79.9 cm³/mol. The Morgan fingerprint density at radius 2 is 1.58 bits per heavy atom. The third-order valence-corrected chi connectivity index (χ3v) is 3.31. The molecule has 2 nitrogen and oxygen atoms in total. The van der Waals surface area contributed by atoms with Crippen LogP contribution in [-0.4, -0.2) is 12.0 Å². The molecule has 0 saturated heterocycles. The summed E-state index contributed by atoms with van der Waals surface area (Å²) in [4.78, 5) is 4.61. The largest absolute Gasteiger partial charge is 0.314 e. The van der Waals surface area contributed by atoms with Gasteiger partial charge in [-0.2, -0.15) is 0 Å². The number of aromatic nitrogens is 1. The standard InChI is InChI=1S/C17H16N2/c1-18-12-17-15-10-6-5-9-14(15)16(11-19-17)13-7-3-2-4-8-13/h2-11,18H,12H2,1H3. The zero-order valence-electron chi connectivity index (χ0n) is 10.9. The lowest BCUT2D eigenvalue weighted by Crippen LogP contribution is -2.07. The van der Waals surface area contributed by atoms with Crippen LogP contribution in [0.25, 0.3) is 21.9 Å². The molecule has 0 bridgehead atoms. The average Bonchev–Trinajstić information content (AvgIpc) is 2.49. The Morgan fingerprint density at radius 1 is 0.895 bits per heavy atom. The van der Waals surface area contributed by atoms with Gasteiger partial charge in [-0.1, -0.05) is 54.6 Å². The number of fused-ring (bicyclic) bond motifs is 1. The van der Waals surface area contributed by atoms with Gasteiger partial charge >= 0.3 is 0 Å².